The molecule has 1 unspecified atom stereocenters. The van der Waals surface area contributed by atoms with Crippen molar-refractivity contribution in [1.82, 2.24) is 5.01 Å². The van der Waals surface area contributed by atoms with Gasteiger partial charge < -0.3 is 10.2 Å². The zero-order valence-electron chi connectivity index (χ0n) is 7.80. The van der Waals surface area contributed by atoms with Crippen molar-refractivity contribution in [3.63, 3.8) is 0 Å². The number of aliphatic hydroxyl groups excluding tert-OH is 1. The molecule has 0 radical (unpaired) electrons. The van der Waals surface area contributed by atoms with Crippen LogP contribution in [0.1, 0.15) is 13.3 Å². The van der Waals surface area contributed by atoms with Gasteiger partial charge in [0.1, 0.15) is 0 Å². The summed E-state index contributed by atoms with van der Waals surface area (Å²) in [6.45, 7) is 1.55. The van der Waals surface area contributed by atoms with Crippen LogP contribution in [0.4, 0.5) is 0 Å². The Balaban J connectivity index is 2.68. The summed E-state index contributed by atoms with van der Waals surface area (Å²) >= 11 is 0. The van der Waals surface area contributed by atoms with Gasteiger partial charge in [0, 0.05) is 5.71 Å². The lowest BCUT2D eigenvalue weighted by atomic mass is 10.0. The standard InChI is InChI=1S/C8H12N2O4/c1-5-6(4-7(12)13)8(14)10(9-5)2-3-11/h6,11H,2-4H2,1H3,(H,12,13). The molecule has 0 aromatic heterocycles. The number of β-amino-alcohol motifs (C(OH)–C–C–N with tert-alkyl or cyclic N) is 1. The van der Waals surface area contributed by atoms with E-state index < -0.39 is 11.9 Å². The monoisotopic (exact) mass is 200 g/mol. The van der Waals surface area contributed by atoms with Gasteiger partial charge in [-0.3, -0.25) is 9.59 Å². The van der Waals surface area contributed by atoms with E-state index in [0.717, 1.165) is 5.01 Å². The number of nitrogens with zero attached hydrogens (tertiary/aromatic N) is 2. The van der Waals surface area contributed by atoms with Gasteiger partial charge in [0.2, 0.25) is 0 Å². The van der Waals surface area contributed by atoms with E-state index >= 15 is 0 Å². The molecule has 0 aromatic carbocycles. The van der Waals surface area contributed by atoms with Crippen LogP contribution in [0.25, 0.3) is 0 Å². The van der Waals surface area contributed by atoms with Crippen molar-refractivity contribution < 1.29 is 19.8 Å². The number of carbonyl (C=O) groups is 2. The summed E-state index contributed by atoms with van der Waals surface area (Å²) in [5, 5.41) is 22.2. The molecule has 0 spiro atoms. The first kappa shape index (κ1) is 10.6. The van der Waals surface area contributed by atoms with E-state index in [2.05, 4.69) is 5.10 Å². The molecule has 1 rings (SSSR count). The highest BCUT2D eigenvalue weighted by molar-refractivity contribution is 6.08. The minimum atomic E-state index is -1.02. The van der Waals surface area contributed by atoms with E-state index in [1.165, 1.54) is 0 Å². The molecule has 0 bridgehead atoms. The molecule has 1 aliphatic rings. The lowest BCUT2D eigenvalue weighted by Crippen LogP contribution is -2.30. The van der Waals surface area contributed by atoms with E-state index in [1.807, 2.05) is 0 Å². The van der Waals surface area contributed by atoms with Crippen molar-refractivity contribution in [3.05, 3.63) is 0 Å². The molecule has 1 heterocycles. The highest BCUT2D eigenvalue weighted by Crippen LogP contribution is 2.18. The van der Waals surface area contributed by atoms with Crippen LogP contribution in [0.5, 0.6) is 0 Å². The van der Waals surface area contributed by atoms with E-state index in [9.17, 15) is 9.59 Å². The molecule has 0 saturated heterocycles. The second kappa shape index (κ2) is 4.19. The van der Waals surface area contributed by atoms with Gasteiger partial charge in [0.05, 0.1) is 25.5 Å². The molecule has 1 amide bonds. The topological polar surface area (TPSA) is 90.2 Å². The van der Waals surface area contributed by atoms with E-state index in [-0.39, 0.29) is 25.5 Å². The minimum absolute atomic E-state index is 0.117. The van der Waals surface area contributed by atoms with Crippen LogP contribution >= 0.6 is 0 Å². The maximum absolute atomic E-state index is 11.5. The summed E-state index contributed by atoms with van der Waals surface area (Å²) in [5.74, 6) is -2.04. The first-order chi connectivity index (χ1) is 6.56. The molecule has 2 N–H and O–H groups in total. The smallest absolute Gasteiger partial charge is 0.304 e. The predicted molar refractivity (Wildman–Crippen MR) is 47.7 cm³/mol. The van der Waals surface area contributed by atoms with E-state index in [4.69, 9.17) is 10.2 Å². The van der Waals surface area contributed by atoms with E-state index in [1.54, 1.807) is 6.92 Å². The third-order valence-electron chi connectivity index (χ3n) is 2.03. The Labute approximate surface area is 80.8 Å². The summed E-state index contributed by atoms with van der Waals surface area (Å²) in [6.07, 6.45) is -0.240. The van der Waals surface area contributed by atoms with Crippen LogP contribution in [0.3, 0.4) is 0 Å². The summed E-state index contributed by atoms with van der Waals surface area (Å²) in [5.41, 5.74) is 0.492. The number of amides is 1. The van der Waals surface area contributed by atoms with Crippen molar-refractivity contribution >= 4 is 17.6 Å². The summed E-state index contributed by atoms with van der Waals surface area (Å²) in [4.78, 5) is 21.9. The SMILES string of the molecule is CC1=NN(CCO)C(=O)C1CC(=O)O. The molecular formula is C8H12N2O4. The molecule has 78 valence electrons. The predicted octanol–water partition coefficient (Wildman–Crippen LogP) is -0.712. The average Bonchev–Trinajstić information content (AvgIpc) is 2.33. The highest BCUT2D eigenvalue weighted by Gasteiger charge is 2.34. The van der Waals surface area contributed by atoms with Gasteiger partial charge in [0.25, 0.3) is 5.91 Å². The minimum Gasteiger partial charge on any atom is -0.481 e. The first-order valence-electron chi connectivity index (χ1n) is 4.25. The second-order valence-corrected chi connectivity index (χ2v) is 3.08. The Kier molecular flexibility index (Phi) is 3.19. The largest absolute Gasteiger partial charge is 0.481 e. The maximum Gasteiger partial charge on any atom is 0.304 e. The Hall–Kier alpha value is -1.43. The summed E-state index contributed by atoms with van der Waals surface area (Å²) in [6, 6.07) is 0. The fraction of sp³-hybridized carbons (Fsp3) is 0.625. The zero-order chi connectivity index (χ0) is 10.7. The molecule has 0 saturated carbocycles. The fourth-order valence-electron chi connectivity index (χ4n) is 1.33. The van der Waals surface area contributed by atoms with Crippen LogP contribution in [-0.2, 0) is 9.59 Å². The van der Waals surface area contributed by atoms with Crippen LogP contribution in [0.15, 0.2) is 5.10 Å². The normalized spacial score (nSPS) is 21.3. The van der Waals surface area contributed by atoms with Crippen molar-refractivity contribution in [2.24, 2.45) is 11.0 Å². The van der Waals surface area contributed by atoms with Gasteiger partial charge in [-0.2, -0.15) is 5.10 Å². The van der Waals surface area contributed by atoms with E-state index in [0.29, 0.717) is 5.71 Å². The molecule has 1 atom stereocenters. The van der Waals surface area contributed by atoms with Crippen molar-refractivity contribution in [2.45, 2.75) is 13.3 Å². The van der Waals surface area contributed by atoms with Gasteiger partial charge in [-0.25, -0.2) is 5.01 Å². The molecule has 6 nitrogen and oxygen atoms in total. The number of rotatable bonds is 4. The second-order valence-electron chi connectivity index (χ2n) is 3.08. The lowest BCUT2D eigenvalue weighted by molar-refractivity contribution is -0.141. The highest BCUT2D eigenvalue weighted by atomic mass is 16.4. The van der Waals surface area contributed by atoms with Gasteiger partial charge >= 0.3 is 5.97 Å². The van der Waals surface area contributed by atoms with Gasteiger partial charge in [-0.05, 0) is 6.92 Å². The van der Waals surface area contributed by atoms with Gasteiger partial charge in [-0.15, -0.1) is 0 Å². The molecule has 0 aromatic rings. The molecule has 6 heteroatoms. The number of hydrazone groups is 1. The number of hydrogen-bond donors (Lipinski definition) is 2. The van der Waals surface area contributed by atoms with Crippen molar-refractivity contribution in [3.8, 4) is 0 Å². The fourth-order valence-corrected chi connectivity index (χ4v) is 1.33. The quantitative estimate of drug-likeness (QED) is 0.627. The number of aliphatic hydroxyl groups is 1. The van der Waals surface area contributed by atoms with Crippen LogP contribution in [-0.4, -0.2) is 46.0 Å². The maximum atomic E-state index is 11.5. The lowest BCUT2D eigenvalue weighted by Gasteiger charge is -2.11. The zero-order valence-corrected chi connectivity index (χ0v) is 7.80. The summed E-state index contributed by atoms with van der Waals surface area (Å²) in [7, 11) is 0. The Morgan fingerprint density at radius 1 is 1.64 bits per heavy atom. The number of carboxylic acids is 1. The Morgan fingerprint density at radius 2 is 2.29 bits per heavy atom. The summed E-state index contributed by atoms with van der Waals surface area (Å²) < 4.78 is 0. The van der Waals surface area contributed by atoms with Crippen molar-refractivity contribution in [1.29, 1.82) is 0 Å². The number of carbonyl (C=O) groups excluding carboxylic acids is 1. The number of carboxylic acid groups (broad SMARTS) is 1. The molecule has 1 aliphatic heterocycles. The molecule has 0 aliphatic carbocycles. The third-order valence-corrected chi connectivity index (χ3v) is 2.03. The number of aliphatic carboxylic acids is 1. The van der Waals surface area contributed by atoms with Crippen LogP contribution < -0.4 is 0 Å². The number of hydrogen-bond acceptors (Lipinski definition) is 4. The van der Waals surface area contributed by atoms with Gasteiger partial charge in [-0.1, -0.05) is 0 Å². The average molecular weight is 200 g/mol. The van der Waals surface area contributed by atoms with Crippen LogP contribution in [0, 0.1) is 5.92 Å². The van der Waals surface area contributed by atoms with Crippen LogP contribution in [0.2, 0.25) is 0 Å². The Bertz CT molecular complexity index is 287. The molecule has 14 heavy (non-hydrogen) atoms. The Morgan fingerprint density at radius 3 is 2.79 bits per heavy atom. The first-order valence-corrected chi connectivity index (χ1v) is 4.25. The van der Waals surface area contributed by atoms with Crippen molar-refractivity contribution in [2.75, 3.05) is 13.2 Å². The third kappa shape index (κ3) is 2.08. The molecular weight excluding hydrogens is 188 g/mol. The molecule has 0 fully saturated rings. The van der Waals surface area contributed by atoms with Gasteiger partial charge in [0.15, 0.2) is 0 Å².